The van der Waals surface area contributed by atoms with E-state index in [1.807, 2.05) is 0 Å². The molecule has 1 aliphatic rings. The molecule has 0 fully saturated rings. The van der Waals surface area contributed by atoms with Crippen molar-refractivity contribution < 1.29 is 16.1 Å². The molecule has 0 radical (unpaired) electrons. The fourth-order valence-corrected chi connectivity index (χ4v) is 8.11. The Hall–Kier alpha value is -1.91. The van der Waals surface area contributed by atoms with Crippen molar-refractivity contribution in [2.75, 3.05) is 0 Å². The van der Waals surface area contributed by atoms with Crippen molar-refractivity contribution in [1.29, 1.82) is 0 Å². The van der Waals surface area contributed by atoms with E-state index in [0.29, 0.717) is 0 Å². The van der Waals surface area contributed by atoms with Gasteiger partial charge in [0.1, 0.15) is 0 Å². The van der Waals surface area contributed by atoms with E-state index >= 15 is 0 Å². The Morgan fingerprint density at radius 2 is 1.36 bits per heavy atom. The molecule has 0 unspecified atom stereocenters. The van der Waals surface area contributed by atoms with E-state index in [1.165, 1.54) is 43.5 Å². The summed E-state index contributed by atoms with van der Waals surface area (Å²) >= 11 is -1.77. The predicted molar refractivity (Wildman–Crippen MR) is 108 cm³/mol. The molecule has 5 rings (SSSR count). The van der Waals surface area contributed by atoms with Gasteiger partial charge in [0.2, 0.25) is 0 Å². The van der Waals surface area contributed by atoms with E-state index in [-0.39, 0.29) is 0 Å². The zero-order chi connectivity index (χ0) is 17.2. The Morgan fingerprint density at radius 1 is 0.720 bits per heavy atom. The van der Waals surface area contributed by atoms with Gasteiger partial charge in [-0.3, -0.25) is 0 Å². The zero-order valence-corrected chi connectivity index (χ0v) is 17.1. The molecule has 0 amide bonds. The van der Waals surface area contributed by atoms with Crippen LogP contribution in [0.1, 0.15) is 12.0 Å². The summed E-state index contributed by atoms with van der Waals surface area (Å²) in [5, 5.41) is 15.8. The van der Waals surface area contributed by atoms with Gasteiger partial charge in [-0.15, -0.1) is 0 Å². The minimum absolute atomic E-state index is 1.15. The van der Waals surface area contributed by atoms with Crippen molar-refractivity contribution in [2.24, 2.45) is 0 Å². The topological polar surface area (TPSA) is 0 Å². The summed E-state index contributed by atoms with van der Waals surface area (Å²) < 4.78 is 1.72. The number of rotatable bonds is 2. The van der Waals surface area contributed by atoms with E-state index in [1.54, 1.807) is 3.96 Å². The molecule has 0 atom stereocenters. The Labute approximate surface area is 152 Å². The molecule has 0 N–H and O–H groups in total. The second-order valence-corrected chi connectivity index (χ2v) is 18.9. The second kappa shape index (κ2) is 5.29. The van der Waals surface area contributed by atoms with E-state index in [0.717, 1.165) is 6.42 Å². The van der Waals surface area contributed by atoms with Gasteiger partial charge in [0.25, 0.3) is 0 Å². The molecule has 0 aliphatic heterocycles. The van der Waals surface area contributed by atoms with Crippen LogP contribution in [0.3, 0.4) is 0 Å². The number of hydrogen-bond acceptors (Lipinski definition) is 0. The molecular formula is C24H22Pt. The van der Waals surface area contributed by atoms with Crippen molar-refractivity contribution in [3.8, 4) is 0 Å². The minimum atomic E-state index is -1.77. The maximum absolute atomic E-state index is 2.51. The molecule has 1 heteroatoms. The summed E-state index contributed by atoms with van der Waals surface area (Å²) in [5.74, 6) is 0. The summed E-state index contributed by atoms with van der Waals surface area (Å²) in [5.41, 5.74) is 2.93. The van der Waals surface area contributed by atoms with E-state index in [2.05, 4.69) is 82.7 Å². The summed E-state index contributed by atoms with van der Waals surface area (Å²) in [6.07, 6.45) is 5.88. The van der Waals surface area contributed by atoms with Crippen molar-refractivity contribution in [2.45, 2.75) is 22.4 Å². The maximum atomic E-state index is 2.51. The second-order valence-electron chi connectivity index (χ2n) is 7.28. The molecule has 4 aromatic carbocycles. The Morgan fingerprint density at radius 3 is 2.08 bits per heavy atom. The van der Waals surface area contributed by atoms with Crippen LogP contribution in [0.4, 0.5) is 0 Å². The summed E-state index contributed by atoms with van der Waals surface area (Å²) in [4.78, 5) is 0. The predicted octanol–water partition coefficient (Wildman–Crippen LogP) is 7.55. The standard InChI is InChI=1S/C21H13.3CH3.Pt/c1-2-5-14(4-1)18-12-10-17-9-8-15-6-3-7-16-11-13-19(18)21(17)20(15)16;;;;/h1,3-4,6-13H,2H2;3*1H3;. The molecule has 128 valence electrons. The summed E-state index contributed by atoms with van der Waals surface area (Å²) in [6.45, 7) is 0. The molecule has 25 heavy (non-hydrogen) atoms. The molecular weight excluding hydrogens is 483 g/mol. The molecule has 4 aromatic rings. The molecule has 0 nitrogen and oxygen atoms in total. The normalized spacial score (nSPS) is 16.0. The van der Waals surface area contributed by atoms with Crippen LogP contribution in [0.2, 0.25) is 15.9 Å². The Kier molecular flexibility index (Phi) is 3.25. The molecule has 0 spiro atoms. The van der Waals surface area contributed by atoms with Gasteiger partial charge in [-0.2, -0.15) is 0 Å². The van der Waals surface area contributed by atoms with Gasteiger partial charge in [0.15, 0.2) is 0 Å². The summed E-state index contributed by atoms with van der Waals surface area (Å²) in [7, 11) is 0. The van der Waals surface area contributed by atoms with Gasteiger partial charge < -0.3 is 0 Å². The zero-order valence-electron chi connectivity index (χ0n) is 14.9. The Bertz CT molecular complexity index is 1170. The van der Waals surface area contributed by atoms with Crippen LogP contribution >= 0.6 is 0 Å². The molecule has 0 bridgehead atoms. The van der Waals surface area contributed by atoms with Crippen LogP contribution in [-0.2, 0) is 16.1 Å². The number of benzene rings is 4. The fourth-order valence-electron chi connectivity index (χ4n) is 4.12. The third-order valence-electron chi connectivity index (χ3n) is 5.24. The molecule has 0 saturated heterocycles. The third-order valence-corrected chi connectivity index (χ3v) is 10.4. The number of allylic oxidation sites excluding steroid dienone is 4. The average molecular weight is 506 g/mol. The van der Waals surface area contributed by atoms with Crippen LogP contribution in [-0.4, -0.2) is 0 Å². The molecule has 0 heterocycles. The van der Waals surface area contributed by atoms with Crippen LogP contribution in [0.25, 0.3) is 37.9 Å². The van der Waals surface area contributed by atoms with Gasteiger partial charge >= 0.3 is 153 Å². The quantitative estimate of drug-likeness (QED) is 0.247. The van der Waals surface area contributed by atoms with Gasteiger partial charge in [0, 0.05) is 0 Å². The van der Waals surface area contributed by atoms with Crippen molar-refractivity contribution in [3.63, 3.8) is 0 Å². The van der Waals surface area contributed by atoms with E-state index in [9.17, 15) is 0 Å². The van der Waals surface area contributed by atoms with Crippen LogP contribution < -0.4 is 0 Å². The van der Waals surface area contributed by atoms with Gasteiger partial charge in [-0.25, -0.2) is 0 Å². The first kappa shape index (κ1) is 15.4. The number of hydrogen-bond donors (Lipinski definition) is 0. The molecule has 0 aromatic heterocycles. The first-order valence-electron chi connectivity index (χ1n) is 8.47. The van der Waals surface area contributed by atoms with Gasteiger partial charge in [0.05, 0.1) is 0 Å². The average Bonchev–Trinajstić information content (AvgIpc) is 3.09. The fraction of sp³-hybridized carbons (Fsp3) is 0.167. The third kappa shape index (κ3) is 2.24. The van der Waals surface area contributed by atoms with Crippen LogP contribution in [0, 0.1) is 0 Å². The first-order chi connectivity index (χ1) is 12.0. The van der Waals surface area contributed by atoms with E-state index < -0.39 is 16.1 Å². The Balaban J connectivity index is 1.94. The van der Waals surface area contributed by atoms with Gasteiger partial charge in [-0.05, 0) is 0 Å². The van der Waals surface area contributed by atoms with Crippen molar-refractivity contribution in [1.82, 2.24) is 0 Å². The van der Waals surface area contributed by atoms with E-state index in [4.69, 9.17) is 0 Å². The monoisotopic (exact) mass is 505 g/mol. The summed E-state index contributed by atoms with van der Waals surface area (Å²) in [6, 6.07) is 20.5. The van der Waals surface area contributed by atoms with Gasteiger partial charge in [-0.1, -0.05) is 0 Å². The van der Waals surface area contributed by atoms with Crippen molar-refractivity contribution in [3.05, 3.63) is 76.3 Å². The molecule has 1 aliphatic carbocycles. The molecule has 0 saturated carbocycles. The van der Waals surface area contributed by atoms with Crippen molar-refractivity contribution >= 4 is 37.9 Å². The van der Waals surface area contributed by atoms with Crippen LogP contribution in [0.15, 0.2) is 70.7 Å². The SMILES string of the molecule is [CH3][Pt]([CH3])([CH3])[C]1=C(c2ccc3ccc4cccc5ccc2c3c45)C=CC1. The van der Waals surface area contributed by atoms with Crippen LogP contribution in [0.5, 0.6) is 0 Å². The first-order valence-corrected chi connectivity index (χ1v) is 16.4.